The van der Waals surface area contributed by atoms with E-state index in [9.17, 15) is 9.90 Å². The minimum Gasteiger partial charge on any atom is -0.394 e. The van der Waals surface area contributed by atoms with Gasteiger partial charge >= 0.3 is 0 Å². The van der Waals surface area contributed by atoms with Crippen LogP contribution in [0.25, 0.3) is 0 Å². The summed E-state index contributed by atoms with van der Waals surface area (Å²) in [6.07, 6.45) is 1.36. The molecule has 0 spiro atoms. The lowest BCUT2D eigenvalue weighted by Gasteiger charge is -2.33. The molecule has 0 radical (unpaired) electrons. The Balaban J connectivity index is 1.95. The quantitative estimate of drug-likeness (QED) is 0.935. The number of carbonyl (C=O) groups excluding carboxylic acids is 1. The third-order valence-electron chi connectivity index (χ3n) is 4.13. The first-order valence-corrected chi connectivity index (χ1v) is 7.33. The van der Waals surface area contributed by atoms with Gasteiger partial charge in [0, 0.05) is 6.42 Å². The predicted molar refractivity (Wildman–Crippen MR) is 81.5 cm³/mol. The lowest BCUT2D eigenvalue weighted by molar-refractivity contribution is -0.132. The Morgan fingerprint density at radius 2 is 1.67 bits per heavy atom. The highest BCUT2D eigenvalue weighted by atomic mass is 16.3. The van der Waals surface area contributed by atoms with Crippen LogP contribution in [0.3, 0.4) is 0 Å². The second-order valence-corrected chi connectivity index (χ2v) is 5.38. The molecule has 2 aromatic carbocycles. The van der Waals surface area contributed by atoms with Crippen LogP contribution in [0.1, 0.15) is 36.1 Å². The van der Waals surface area contributed by atoms with Gasteiger partial charge in [0.05, 0.1) is 18.7 Å². The molecule has 0 bridgehead atoms. The molecule has 2 aromatic rings. The fourth-order valence-corrected chi connectivity index (χ4v) is 3.12. The molecule has 3 rings (SSSR count). The van der Waals surface area contributed by atoms with Gasteiger partial charge in [0.1, 0.15) is 0 Å². The van der Waals surface area contributed by atoms with E-state index < -0.39 is 0 Å². The lowest BCUT2D eigenvalue weighted by Crippen LogP contribution is -2.34. The van der Waals surface area contributed by atoms with Gasteiger partial charge in [0.25, 0.3) is 0 Å². The fourth-order valence-electron chi connectivity index (χ4n) is 3.12. The number of carbonyl (C=O) groups is 1. The van der Waals surface area contributed by atoms with Crippen LogP contribution in [0, 0.1) is 0 Å². The number of rotatable bonds is 4. The standard InChI is InChI=1S/C18H19NO2/c20-13-17(15-9-5-2-6-10-15)19-16(11-12-18(19)21)14-7-3-1-4-8-14/h1-10,16-17,20H,11-13H2/t16-,17-/m0/s1. The van der Waals surface area contributed by atoms with Crippen molar-refractivity contribution in [3.8, 4) is 0 Å². The first-order valence-electron chi connectivity index (χ1n) is 7.33. The zero-order valence-corrected chi connectivity index (χ0v) is 11.9. The van der Waals surface area contributed by atoms with Crippen molar-refractivity contribution in [2.45, 2.75) is 24.9 Å². The van der Waals surface area contributed by atoms with Crippen LogP contribution < -0.4 is 0 Å². The van der Waals surface area contributed by atoms with Gasteiger partial charge in [0.2, 0.25) is 5.91 Å². The summed E-state index contributed by atoms with van der Waals surface area (Å²) in [5.74, 6) is 0.117. The molecule has 1 saturated heterocycles. The molecule has 108 valence electrons. The summed E-state index contributed by atoms with van der Waals surface area (Å²) in [5.41, 5.74) is 2.12. The Hall–Kier alpha value is -2.13. The maximum Gasteiger partial charge on any atom is 0.223 e. The summed E-state index contributed by atoms with van der Waals surface area (Å²) in [5, 5.41) is 9.83. The highest BCUT2D eigenvalue weighted by Crippen LogP contribution is 2.39. The van der Waals surface area contributed by atoms with Crippen LogP contribution in [0.5, 0.6) is 0 Å². The molecule has 1 fully saturated rings. The van der Waals surface area contributed by atoms with E-state index in [4.69, 9.17) is 0 Å². The van der Waals surface area contributed by atoms with Gasteiger partial charge in [-0.15, -0.1) is 0 Å². The largest absolute Gasteiger partial charge is 0.394 e. The second kappa shape index (κ2) is 6.10. The summed E-state index contributed by atoms with van der Waals surface area (Å²) in [6.45, 7) is -0.0565. The number of likely N-dealkylation sites (tertiary alicyclic amines) is 1. The minimum atomic E-state index is -0.272. The first-order chi connectivity index (χ1) is 10.3. The van der Waals surface area contributed by atoms with E-state index in [2.05, 4.69) is 12.1 Å². The monoisotopic (exact) mass is 281 g/mol. The SMILES string of the molecule is O=C1CC[C@@H](c2ccccc2)N1[C@@H](CO)c1ccccc1. The van der Waals surface area contributed by atoms with E-state index in [1.807, 2.05) is 53.4 Å². The Kier molecular flexibility index (Phi) is 4.02. The van der Waals surface area contributed by atoms with Crippen molar-refractivity contribution in [3.05, 3.63) is 71.8 Å². The van der Waals surface area contributed by atoms with Crippen molar-refractivity contribution < 1.29 is 9.90 Å². The Labute approximate surface area is 124 Å². The Morgan fingerprint density at radius 3 is 2.29 bits per heavy atom. The van der Waals surface area contributed by atoms with E-state index in [0.717, 1.165) is 17.5 Å². The first kappa shape index (κ1) is 13.8. The molecular formula is C18H19NO2. The van der Waals surface area contributed by atoms with E-state index in [-0.39, 0.29) is 24.6 Å². The molecule has 0 unspecified atom stereocenters. The number of hydrogen-bond donors (Lipinski definition) is 1. The number of benzene rings is 2. The molecule has 0 aliphatic carbocycles. The smallest absolute Gasteiger partial charge is 0.223 e. The number of hydrogen-bond acceptors (Lipinski definition) is 2. The van der Waals surface area contributed by atoms with Crippen molar-refractivity contribution in [1.82, 2.24) is 4.90 Å². The van der Waals surface area contributed by atoms with Crippen molar-refractivity contribution in [2.75, 3.05) is 6.61 Å². The van der Waals surface area contributed by atoms with Crippen LogP contribution in [-0.4, -0.2) is 22.5 Å². The van der Waals surface area contributed by atoms with E-state index >= 15 is 0 Å². The van der Waals surface area contributed by atoms with Gasteiger partial charge in [-0.1, -0.05) is 60.7 Å². The normalized spacial score (nSPS) is 19.8. The fraction of sp³-hybridized carbons (Fsp3) is 0.278. The molecule has 1 aliphatic heterocycles. The molecular weight excluding hydrogens is 262 g/mol. The van der Waals surface area contributed by atoms with Crippen LogP contribution in [-0.2, 0) is 4.79 Å². The van der Waals surface area contributed by atoms with Gasteiger partial charge in [-0.25, -0.2) is 0 Å². The molecule has 0 aromatic heterocycles. The highest BCUT2D eigenvalue weighted by molar-refractivity contribution is 5.79. The maximum absolute atomic E-state index is 12.3. The van der Waals surface area contributed by atoms with Crippen LogP contribution >= 0.6 is 0 Å². The summed E-state index contributed by atoms with van der Waals surface area (Å²) in [6, 6.07) is 19.6. The summed E-state index contributed by atoms with van der Waals surface area (Å²) in [4.78, 5) is 14.2. The molecule has 1 amide bonds. The van der Waals surface area contributed by atoms with Gasteiger partial charge in [0.15, 0.2) is 0 Å². The molecule has 1 aliphatic rings. The number of aliphatic hydroxyl groups is 1. The number of amides is 1. The summed E-state index contributed by atoms with van der Waals surface area (Å²) in [7, 11) is 0. The molecule has 1 heterocycles. The van der Waals surface area contributed by atoms with Crippen LogP contribution in [0.15, 0.2) is 60.7 Å². The zero-order chi connectivity index (χ0) is 14.7. The van der Waals surface area contributed by atoms with Crippen molar-refractivity contribution in [3.63, 3.8) is 0 Å². The van der Waals surface area contributed by atoms with Gasteiger partial charge in [-0.05, 0) is 17.5 Å². The lowest BCUT2D eigenvalue weighted by atomic mass is 10.0. The van der Waals surface area contributed by atoms with Gasteiger partial charge in [-0.3, -0.25) is 4.79 Å². The Bertz CT molecular complexity index is 597. The van der Waals surface area contributed by atoms with Crippen LogP contribution in [0.2, 0.25) is 0 Å². The maximum atomic E-state index is 12.3. The van der Waals surface area contributed by atoms with E-state index in [0.29, 0.717) is 6.42 Å². The van der Waals surface area contributed by atoms with Crippen molar-refractivity contribution >= 4 is 5.91 Å². The molecule has 21 heavy (non-hydrogen) atoms. The predicted octanol–water partition coefficient (Wildman–Crippen LogP) is 3.08. The molecule has 1 N–H and O–H groups in total. The van der Waals surface area contributed by atoms with E-state index in [1.54, 1.807) is 0 Å². The summed E-state index contributed by atoms with van der Waals surface area (Å²) >= 11 is 0. The minimum absolute atomic E-state index is 0.0519. The molecule has 3 nitrogen and oxygen atoms in total. The molecule has 0 saturated carbocycles. The third-order valence-corrected chi connectivity index (χ3v) is 4.13. The zero-order valence-electron chi connectivity index (χ0n) is 11.9. The second-order valence-electron chi connectivity index (χ2n) is 5.38. The molecule has 3 heteroatoms. The van der Waals surface area contributed by atoms with Gasteiger partial charge in [-0.2, -0.15) is 0 Å². The average Bonchev–Trinajstić information content (AvgIpc) is 2.92. The van der Waals surface area contributed by atoms with Crippen molar-refractivity contribution in [1.29, 1.82) is 0 Å². The topological polar surface area (TPSA) is 40.5 Å². The number of nitrogens with zero attached hydrogens (tertiary/aromatic N) is 1. The highest BCUT2D eigenvalue weighted by Gasteiger charge is 2.37. The van der Waals surface area contributed by atoms with E-state index in [1.165, 1.54) is 0 Å². The number of aliphatic hydroxyl groups excluding tert-OH is 1. The Morgan fingerprint density at radius 1 is 1.05 bits per heavy atom. The summed E-state index contributed by atoms with van der Waals surface area (Å²) < 4.78 is 0. The van der Waals surface area contributed by atoms with Crippen molar-refractivity contribution in [2.24, 2.45) is 0 Å². The third kappa shape index (κ3) is 2.69. The molecule has 2 atom stereocenters. The van der Waals surface area contributed by atoms with Gasteiger partial charge < -0.3 is 10.0 Å². The van der Waals surface area contributed by atoms with Crippen LogP contribution in [0.4, 0.5) is 0 Å². The average molecular weight is 281 g/mol.